The third kappa shape index (κ3) is 4.24. The molecule has 1 heterocycles. The number of rotatable bonds is 4. The minimum absolute atomic E-state index is 0.0343. The molecule has 1 aliphatic rings. The molecule has 1 aromatic rings. The first-order chi connectivity index (χ1) is 8.85. The van der Waals surface area contributed by atoms with Gasteiger partial charge in [-0.25, -0.2) is 17.5 Å². The number of benzene rings is 1. The largest absolute Gasteiger partial charge is 0.312 e. The van der Waals surface area contributed by atoms with Gasteiger partial charge >= 0.3 is 0 Å². The zero-order valence-corrected chi connectivity index (χ0v) is 12.9. The molecule has 2 atom stereocenters. The standard InChI is InChI=1S/C12H16BrFN2O2S/c1-19(17,18)16-11-4-5-15-12(11)7-8-2-3-10(14)9(13)6-8/h2-3,6,11-12,15-16H,4-5,7H2,1H3/t11-,12-/m1/s1. The Balaban J connectivity index is 2.07. The van der Waals surface area contributed by atoms with Crippen molar-refractivity contribution in [3.05, 3.63) is 34.1 Å². The van der Waals surface area contributed by atoms with Gasteiger partial charge in [0.05, 0.1) is 10.7 Å². The molecule has 2 rings (SSSR count). The Kier molecular flexibility index (Phi) is 4.60. The monoisotopic (exact) mass is 350 g/mol. The van der Waals surface area contributed by atoms with Crippen molar-refractivity contribution >= 4 is 26.0 Å². The molecule has 1 saturated heterocycles. The summed E-state index contributed by atoms with van der Waals surface area (Å²) < 4.78 is 38.8. The number of halogens is 2. The summed E-state index contributed by atoms with van der Waals surface area (Å²) in [7, 11) is -3.21. The first kappa shape index (κ1) is 14.9. The Morgan fingerprint density at radius 3 is 2.89 bits per heavy atom. The van der Waals surface area contributed by atoms with E-state index in [2.05, 4.69) is 26.0 Å². The fourth-order valence-electron chi connectivity index (χ4n) is 2.32. The van der Waals surface area contributed by atoms with Crippen molar-refractivity contribution in [1.82, 2.24) is 10.0 Å². The van der Waals surface area contributed by atoms with Crippen LogP contribution in [0.25, 0.3) is 0 Å². The van der Waals surface area contributed by atoms with E-state index < -0.39 is 10.0 Å². The molecule has 1 fully saturated rings. The van der Waals surface area contributed by atoms with Crippen molar-refractivity contribution in [3.63, 3.8) is 0 Å². The van der Waals surface area contributed by atoms with Crippen LogP contribution in [0.15, 0.2) is 22.7 Å². The van der Waals surface area contributed by atoms with E-state index in [9.17, 15) is 12.8 Å². The number of nitrogens with one attached hydrogen (secondary N) is 2. The first-order valence-electron chi connectivity index (χ1n) is 6.00. The average molecular weight is 351 g/mol. The second-order valence-corrected chi connectivity index (χ2v) is 7.43. The van der Waals surface area contributed by atoms with E-state index in [0.717, 1.165) is 24.8 Å². The Morgan fingerprint density at radius 1 is 1.53 bits per heavy atom. The third-order valence-electron chi connectivity index (χ3n) is 3.15. The minimum atomic E-state index is -3.21. The zero-order valence-electron chi connectivity index (χ0n) is 10.5. The molecule has 0 spiro atoms. The molecule has 0 bridgehead atoms. The molecular weight excluding hydrogens is 335 g/mol. The molecule has 0 radical (unpaired) electrons. The van der Waals surface area contributed by atoms with Crippen molar-refractivity contribution < 1.29 is 12.8 Å². The summed E-state index contributed by atoms with van der Waals surface area (Å²) in [6, 6.07) is 4.78. The van der Waals surface area contributed by atoms with E-state index in [1.807, 2.05) is 0 Å². The van der Waals surface area contributed by atoms with Gasteiger partial charge in [0.15, 0.2) is 0 Å². The maximum Gasteiger partial charge on any atom is 0.209 e. The van der Waals surface area contributed by atoms with Gasteiger partial charge in [0.2, 0.25) is 10.0 Å². The van der Waals surface area contributed by atoms with E-state index in [4.69, 9.17) is 0 Å². The van der Waals surface area contributed by atoms with Crippen molar-refractivity contribution in [2.45, 2.75) is 24.9 Å². The number of hydrogen-bond acceptors (Lipinski definition) is 3. The van der Waals surface area contributed by atoms with Gasteiger partial charge in [-0.1, -0.05) is 6.07 Å². The molecule has 106 valence electrons. The maximum absolute atomic E-state index is 13.2. The van der Waals surface area contributed by atoms with Gasteiger partial charge in [-0.15, -0.1) is 0 Å². The summed E-state index contributed by atoms with van der Waals surface area (Å²) in [5.41, 5.74) is 0.966. The topological polar surface area (TPSA) is 58.2 Å². The molecule has 0 aliphatic carbocycles. The van der Waals surface area contributed by atoms with Gasteiger partial charge in [0.25, 0.3) is 0 Å². The van der Waals surface area contributed by atoms with Crippen LogP contribution >= 0.6 is 15.9 Å². The normalized spacial score (nSPS) is 23.7. The second-order valence-electron chi connectivity index (χ2n) is 4.80. The molecule has 4 nitrogen and oxygen atoms in total. The van der Waals surface area contributed by atoms with Crippen LogP contribution in [0.1, 0.15) is 12.0 Å². The average Bonchev–Trinajstić information content (AvgIpc) is 2.69. The minimum Gasteiger partial charge on any atom is -0.312 e. The summed E-state index contributed by atoms with van der Waals surface area (Å²) in [6.07, 6.45) is 2.59. The summed E-state index contributed by atoms with van der Waals surface area (Å²) in [5.74, 6) is -0.297. The van der Waals surface area contributed by atoms with Crippen LogP contribution in [0.4, 0.5) is 4.39 Å². The van der Waals surface area contributed by atoms with Gasteiger partial charge in [-0.2, -0.15) is 0 Å². The van der Waals surface area contributed by atoms with Crippen molar-refractivity contribution in [3.8, 4) is 0 Å². The fraction of sp³-hybridized carbons (Fsp3) is 0.500. The van der Waals surface area contributed by atoms with E-state index >= 15 is 0 Å². The molecule has 0 amide bonds. The lowest BCUT2D eigenvalue weighted by Gasteiger charge is -2.20. The lowest BCUT2D eigenvalue weighted by molar-refractivity contribution is 0.493. The Labute approximate surface area is 121 Å². The lowest BCUT2D eigenvalue weighted by atomic mass is 10.0. The molecule has 1 aromatic carbocycles. The molecular formula is C12H16BrFN2O2S. The van der Waals surface area contributed by atoms with E-state index in [1.165, 1.54) is 6.07 Å². The SMILES string of the molecule is CS(=O)(=O)N[C@@H]1CCN[C@@H]1Cc1ccc(F)c(Br)c1. The highest BCUT2D eigenvalue weighted by Gasteiger charge is 2.29. The Hall–Kier alpha value is -0.500. The van der Waals surface area contributed by atoms with Crippen molar-refractivity contribution in [2.24, 2.45) is 0 Å². The molecule has 19 heavy (non-hydrogen) atoms. The summed E-state index contributed by atoms with van der Waals surface area (Å²) in [6.45, 7) is 0.778. The Bertz CT molecular complexity index is 565. The molecule has 2 N–H and O–H groups in total. The van der Waals surface area contributed by atoms with Gasteiger partial charge in [0.1, 0.15) is 5.82 Å². The van der Waals surface area contributed by atoms with Crippen LogP contribution in [-0.2, 0) is 16.4 Å². The number of hydrogen-bond donors (Lipinski definition) is 2. The molecule has 0 unspecified atom stereocenters. The van der Waals surface area contributed by atoms with Crippen molar-refractivity contribution in [2.75, 3.05) is 12.8 Å². The summed E-state index contributed by atoms with van der Waals surface area (Å²) in [4.78, 5) is 0. The van der Waals surface area contributed by atoms with E-state index in [0.29, 0.717) is 10.9 Å². The van der Waals surface area contributed by atoms with Crippen molar-refractivity contribution in [1.29, 1.82) is 0 Å². The van der Waals surface area contributed by atoms with E-state index in [-0.39, 0.29) is 17.9 Å². The maximum atomic E-state index is 13.2. The van der Waals surface area contributed by atoms with Crippen LogP contribution < -0.4 is 10.0 Å². The second kappa shape index (κ2) is 5.87. The predicted octanol–water partition coefficient (Wildman–Crippen LogP) is 1.41. The highest BCUT2D eigenvalue weighted by Crippen LogP contribution is 2.20. The van der Waals surface area contributed by atoms with Gasteiger partial charge in [-0.05, 0) is 53.0 Å². The zero-order chi connectivity index (χ0) is 14.0. The predicted molar refractivity (Wildman–Crippen MR) is 76.0 cm³/mol. The smallest absolute Gasteiger partial charge is 0.209 e. The van der Waals surface area contributed by atoms with Gasteiger partial charge < -0.3 is 5.32 Å². The highest BCUT2D eigenvalue weighted by molar-refractivity contribution is 9.10. The number of sulfonamides is 1. The fourth-order valence-corrected chi connectivity index (χ4v) is 3.58. The van der Waals surface area contributed by atoms with E-state index in [1.54, 1.807) is 12.1 Å². The molecule has 0 saturated carbocycles. The highest BCUT2D eigenvalue weighted by atomic mass is 79.9. The van der Waals surface area contributed by atoms with Gasteiger partial charge in [0, 0.05) is 12.1 Å². The summed E-state index contributed by atoms with van der Waals surface area (Å²) >= 11 is 3.15. The van der Waals surface area contributed by atoms with Crippen LogP contribution in [0.5, 0.6) is 0 Å². The lowest BCUT2D eigenvalue weighted by Crippen LogP contribution is -2.44. The third-order valence-corrected chi connectivity index (χ3v) is 4.49. The Morgan fingerprint density at radius 2 is 2.26 bits per heavy atom. The summed E-state index contributed by atoms with van der Waals surface area (Å²) in [5, 5.41) is 3.28. The van der Waals surface area contributed by atoms with Crippen LogP contribution in [0.2, 0.25) is 0 Å². The van der Waals surface area contributed by atoms with Crippen LogP contribution in [-0.4, -0.2) is 33.3 Å². The first-order valence-corrected chi connectivity index (χ1v) is 8.68. The molecule has 1 aliphatic heterocycles. The van der Waals surface area contributed by atoms with Crippen LogP contribution in [0.3, 0.4) is 0 Å². The quantitative estimate of drug-likeness (QED) is 0.863. The van der Waals surface area contributed by atoms with Crippen LogP contribution in [0, 0.1) is 5.82 Å². The van der Waals surface area contributed by atoms with Gasteiger partial charge in [-0.3, -0.25) is 0 Å². The molecule has 0 aromatic heterocycles. The molecule has 7 heteroatoms.